The number of aromatic carboxylic acids is 1. The summed E-state index contributed by atoms with van der Waals surface area (Å²) in [5.41, 5.74) is -0.721. The molecule has 1 amide bonds. The van der Waals surface area contributed by atoms with Crippen molar-refractivity contribution in [3.8, 4) is 0 Å². The Bertz CT molecular complexity index is 889. The highest BCUT2D eigenvalue weighted by molar-refractivity contribution is 7.94. The Morgan fingerprint density at radius 1 is 0.960 bits per heavy atom. The van der Waals surface area contributed by atoms with Crippen molar-refractivity contribution in [1.29, 1.82) is 0 Å². The molecular formula is C18H19NO5S. The summed E-state index contributed by atoms with van der Waals surface area (Å²) in [7, 11) is -3.30. The van der Waals surface area contributed by atoms with Gasteiger partial charge in [0, 0.05) is 0 Å². The minimum atomic E-state index is -3.30. The molecule has 25 heavy (non-hydrogen) atoms. The van der Waals surface area contributed by atoms with Gasteiger partial charge < -0.3 is 9.84 Å². The molecule has 132 valence electrons. The second kappa shape index (κ2) is 7.06. The molecule has 0 saturated carbocycles. The van der Waals surface area contributed by atoms with E-state index < -0.39 is 27.4 Å². The molecule has 1 N–H and O–H groups in total. The molecule has 1 atom stereocenters. The molecule has 2 aromatic carbocycles. The molecule has 0 radical (unpaired) electrons. The molecular weight excluding hydrogens is 342 g/mol. The van der Waals surface area contributed by atoms with E-state index >= 15 is 0 Å². The van der Waals surface area contributed by atoms with Crippen LogP contribution in [-0.2, 0) is 14.5 Å². The number of ether oxygens (including phenoxy) is 1. The van der Waals surface area contributed by atoms with E-state index in [9.17, 15) is 13.8 Å². The molecule has 2 rings (SSSR count). The van der Waals surface area contributed by atoms with E-state index in [4.69, 9.17) is 9.84 Å². The predicted molar refractivity (Wildman–Crippen MR) is 93.2 cm³/mol. The highest BCUT2D eigenvalue weighted by Crippen LogP contribution is 2.25. The lowest BCUT2D eigenvalue weighted by molar-refractivity contribution is 0.0606. The lowest BCUT2D eigenvalue weighted by Gasteiger charge is -2.18. The van der Waals surface area contributed by atoms with Crippen LogP contribution < -0.4 is 0 Å². The minimum Gasteiger partial charge on any atom is -0.478 e. The predicted octanol–water partition coefficient (Wildman–Crippen LogP) is 4.21. The molecule has 0 aliphatic carbocycles. The van der Waals surface area contributed by atoms with E-state index in [0.29, 0.717) is 4.90 Å². The molecule has 7 heteroatoms. The maximum absolute atomic E-state index is 13.6. The Kier molecular flexibility index (Phi) is 5.27. The number of carbonyl (C=O) groups excluding carboxylic acids is 1. The molecule has 0 aliphatic heterocycles. The summed E-state index contributed by atoms with van der Waals surface area (Å²) in [5.74, 6) is -1.10. The summed E-state index contributed by atoms with van der Waals surface area (Å²) < 4.78 is 22.5. The van der Waals surface area contributed by atoms with Crippen LogP contribution in [-0.4, -0.2) is 27.0 Å². The highest BCUT2D eigenvalue weighted by atomic mass is 32.2. The first-order chi connectivity index (χ1) is 11.6. The van der Waals surface area contributed by atoms with Gasteiger partial charge in [-0.3, -0.25) is 0 Å². The number of rotatable bonds is 3. The van der Waals surface area contributed by atoms with Gasteiger partial charge in [0.05, 0.1) is 15.4 Å². The summed E-state index contributed by atoms with van der Waals surface area (Å²) in [6, 6.07) is 13.8. The van der Waals surface area contributed by atoms with Crippen molar-refractivity contribution in [1.82, 2.24) is 0 Å². The van der Waals surface area contributed by atoms with Gasteiger partial charge in [-0.1, -0.05) is 18.2 Å². The third-order valence-electron chi connectivity index (χ3n) is 3.08. The van der Waals surface area contributed by atoms with E-state index in [1.807, 2.05) is 0 Å². The first-order valence-corrected chi connectivity index (χ1v) is 9.02. The molecule has 0 fully saturated rings. The van der Waals surface area contributed by atoms with Gasteiger partial charge >= 0.3 is 12.1 Å². The molecule has 2 aromatic rings. The summed E-state index contributed by atoms with van der Waals surface area (Å²) in [4.78, 5) is 23.7. The topological polar surface area (TPSA) is 93.0 Å². The Morgan fingerprint density at radius 2 is 1.48 bits per heavy atom. The summed E-state index contributed by atoms with van der Waals surface area (Å²) in [6.07, 6.45) is -0.941. The van der Waals surface area contributed by atoms with Crippen molar-refractivity contribution in [3.63, 3.8) is 0 Å². The third-order valence-corrected chi connectivity index (χ3v) is 5.31. The average molecular weight is 361 g/mol. The summed E-state index contributed by atoms with van der Waals surface area (Å²) in [6.45, 7) is 5.06. The fraction of sp³-hybridized carbons (Fsp3) is 0.222. The van der Waals surface area contributed by atoms with Crippen LogP contribution in [0.4, 0.5) is 4.79 Å². The zero-order chi connectivity index (χ0) is 18.7. The molecule has 0 aromatic heterocycles. The molecule has 0 saturated heterocycles. The standard InChI is InChI=1S/C18H19NO5S/c1-18(2,3)24-17(22)19-25(23,14-7-5-4-6-8-14)15-11-9-13(10-12-15)16(20)21/h4-12H,1-3H3,(H,20,21). The van der Waals surface area contributed by atoms with Crippen molar-refractivity contribution >= 4 is 21.8 Å². The Morgan fingerprint density at radius 3 is 1.96 bits per heavy atom. The molecule has 0 heterocycles. The summed E-state index contributed by atoms with van der Waals surface area (Å²) in [5, 5.41) is 9.00. The van der Waals surface area contributed by atoms with Gasteiger partial charge in [0.25, 0.3) is 0 Å². The maximum atomic E-state index is 13.6. The number of nitrogens with zero attached hydrogens (tertiary/aromatic N) is 1. The second-order valence-electron chi connectivity index (χ2n) is 6.24. The fourth-order valence-corrected chi connectivity index (χ4v) is 3.78. The van der Waals surface area contributed by atoms with E-state index in [1.165, 1.54) is 24.3 Å². The number of hydrogen-bond acceptors (Lipinski definition) is 4. The number of carboxylic acid groups (broad SMARTS) is 1. The molecule has 6 nitrogen and oxygen atoms in total. The Balaban J connectivity index is 2.59. The van der Waals surface area contributed by atoms with E-state index in [-0.39, 0.29) is 10.5 Å². The van der Waals surface area contributed by atoms with Crippen molar-refractivity contribution < 1.29 is 23.6 Å². The van der Waals surface area contributed by atoms with Crippen molar-refractivity contribution in [2.45, 2.75) is 36.2 Å². The quantitative estimate of drug-likeness (QED) is 0.884. The van der Waals surface area contributed by atoms with Crippen LogP contribution in [0.5, 0.6) is 0 Å². The van der Waals surface area contributed by atoms with Crippen LogP contribution in [0.2, 0.25) is 0 Å². The van der Waals surface area contributed by atoms with Crippen LogP contribution >= 0.6 is 0 Å². The Hall–Kier alpha value is -2.67. The first kappa shape index (κ1) is 18.7. The number of amides is 1. The zero-order valence-electron chi connectivity index (χ0n) is 14.1. The van der Waals surface area contributed by atoms with Gasteiger partial charge in [0.15, 0.2) is 0 Å². The van der Waals surface area contributed by atoms with Crippen molar-refractivity contribution in [2.24, 2.45) is 4.36 Å². The fourth-order valence-electron chi connectivity index (χ4n) is 2.01. The largest absolute Gasteiger partial charge is 0.478 e. The van der Waals surface area contributed by atoms with Crippen molar-refractivity contribution in [3.05, 3.63) is 60.2 Å². The van der Waals surface area contributed by atoms with Crippen LogP contribution in [0, 0.1) is 0 Å². The van der Waals surface area contributed by atoms with Gasteiger partial charge in [-0.25, -0.2) is 13.8 Å². The second-order valence-corrected chi connectivity index (χ2v) is 8.42. The van der Waals surface area contributed by atoms with Gasteiger partial charge in [-0.05, 0) is 57.2 Å². The number of benzene rings is 2. The molecule has 0 spiro atoms. The highest BCUT2D eigenvalue weighted by Gasteiger charge is 2.22. The zero-order valence-corrected chi connectivity index (χ0v) is 14.9. The molecule has 1 unspecified atom stereocenters. The lowest BCUT2D eigenvalue weighted by Crippen LogP contribution is -2.22. The van der Waals surface area contributed by atoms with E-state index in [2.05, 4.69) is 4.36 Å². The van der Waals surface area contributed by atoms with Gasteiger partial charge in [-0.15, -0.1) is 4.36 Å². The van der Waals surface area contributed by atoms with Crippen LogP contribution in [0.15, 0.2) is 68.8 Å². The normalized spacial score (nSPS) is 13.6. The molecule has 0 bridgehead atoms. The maximum Gasteiger partial charge on any atom is 0.442 e. The monoisotopic (exact) mass is 361 g/mol. The van der Waals surface area contributed by atoms with Gasteiger partial charge in [-0.2, -0.15) is 0 Å². The third kappa shape index (κ3) is 4.67. The van der Waals surface area contributed by atoms with Crippen molar-refractivity contribution in [2.75, 3.05) is 0 Å². The summed E-state index contributed by atoms with van der Waals surface area (Å²) >= 11 is 0. The van der Waals surface area contributed by atoms with Crippen LogP contribution in [0.3, 0.4) is 0 Å². The van der Waals surface area contributed by atoms with Gasteiger partial charge in [0.1, 0.15) is 15.3 Å². The number of hydrogen-bond donors (Lipinski definition) is 1. The van der Waals surface area contributed by atoms with Crippen LogP contribution in [0.25, 0.3) is 0 Å². The SMILES string of the molecule is CC(C)(C)OC(=O)N=S(=O)(c1ccccc1)c1ccc(C(=O)O)cc1. The smallest absolute Gasteiger partial charge is 0.442 e. The van der Waals surface area contributed by atoms with Gasteiger partial charge in [0.2, 0.25) is 0 Å². The average Bonchev–Trinajstić information content (AvgIpc) is 2.53. The van der Waals surface area contributed by atoms with E-state index in [1.54, 1.807) is 51.1 Å². The van der Waals surface area contributed by atoms with Crippen LogP contribution in [0.1, 0.15) is 31.1 Å². The Labute approximate surface area is 146 Å². The minimum absolute atomic E-state index is 0.0517. The first-order valence-electron chi connectivity index (χ1n) is 7.50. The lowest BCUT2D eigenvalue weighted by atomic mass is 10.2. The number of carbonyl (C=O) groups is 2. The van der Waals surface area contributed by atoms with E-state index in [0.717, 1.165) is 0 Å². The number of carboxylic acids is 1. The molecule has 0 aliphatic rings.